The van der Waals surface area contributed by atoms with Crippen LogP contribution in [0.1, 0.15) is 5.56 Å². The van der Waals surface area contributed by atoms with E-state index in [2.05, 4.69) is 36.6 Å². The molecule has 0 aliphatic carbocycles. The van der Waals surface area contributed by atoms with Crippen molar-refractivity contribution in [1.29, 1.82) is 0 Å². The molecule has 0 amide bonds. The Hall–Kier alpha value is -0.850. The molecule has 0 heterocycles. The van der Waals surface area contributed by atoms with E-state index in [-0.39, 0.29) is 4.90 Å². The highest BCUT2D eigenvalue weighted by molar-refractivity contribution is 9.10. The maximum Gasteiger partial charge on any atom is 0.261 e. The molecule has 1 N–H and O–H groups in total. The summed E-state index contributed by atoms with van der Waals surface area (Å²) < 4.78 is 27.6. The van der Waals surface area contributed by atoms with Crippen LogP contribution in [0.25, 0.3) is 0 Å². The molecule has 0 aliphatic rings. The normalized spacial score (nSPS) is 11.3. The molecule has 6 heteroatoms. The molecular weight excluding hydrogens is 394 g/mol. The molecule has 0 fully saturated rings. The third-order valence-corrected chi connectivity index (χ3v) is 4.99. The minimum Gasteiger partial charge on any atom is -0.280 e. The number of benzene rings is 2. The quantitative estimate of drug-likeness (QED) is 0.778. The van der Waals surface area contributed by atoms with Gasteiger partial charge < -0.3 is 0 Å². The maximum atomic E-state index is 12.2. The number of hydrogen-bond donors (Lipinski definition) is 1. The summed E-state index contributed by atoms with van der Waals surface area (Å²) in [6.07, 6.45) is 0. The van der Waals surface area contributed by atoms with Crippen molar-refractivity contribution in [3.63, 3.8) is 0 Å². The van der Waals surface area contributed by atoms with Crippen LogP contribution in [0.3, 0.4) is 0 Å². The minimum atomic E-state index is -3.55. The van der Waals surface area contributed by atoms with Gasteiger partial charge in [-0.25, -0.2) is 8.42 Å². The van der Waals surface area contributed by atoms with Crippen LogP contribution >= 0.6 is 31.9 Å². The van der Waals surface area contributed by atoms with Crippen molar-refractivity contribution in [2.24, 2.45) is 0 Å². The van der Waals surface area contributed by atoms with Crippen molar-refractivity contribution in [2.45, 2.75) is 10.2 Å². The van der Waals surface area contributed by atoms with Gasteiger partial charge in [-0.1, -0.05) is 50.1 Å². The molecular formula is C13H11Br2NO2S. The van der Waals surface area contributed by atoms with Crippen molar-refractivity contribution in [3.8, 4) is 0 Å². The highest BCUT2D eigenvalue weighted by Gasteiger charge is 2.14. The molecule has 0 spiro atoms. The van der Waals surface area contributed by atoms with Gasteiger partial charge in [0.25, 0.3) is 10.0 Å². The lowest BCUT2D eigenvalue weighted by molar-refractivity contribution is 0.601. The van der Waals surface area contributed by atoms with Gasteiger partial charge in [0, 0.05) is 15.5 Å². The zero-order valence-electron chi connectivity index (χ0n) is 9.81. The fourth-order valence-corrected chi connectivity index (χ4v) is 3.54. The van der Waals surface area contributed by atoms with Gasteiger partial charge in [0.2, 0.25) is 0 Å². The van der Waals surface area contributed by atoms with E-state index in [9.17, 15) is 8.42 Å². The van der Waals surface area contributed by atoms with Crippen LogP contribution in [0.5, 0.6) is 0 Å². The molecule has 0 unspecified atom stereocenters. The van der Waals surface area contributed by atoms with Crippen molar-refractivity contribution < 1.29 is 8.42 Å². The Morgan fingerprint density at radius 3 is 2.32 bits per heavy atom. The summed E-state index contributed by atoms with van der Waals surface area (Å²) in [5, 5.41) is 0.742. The lowest BCUT2D eigenvalue weighted by atomic mass is 10.2. The van der Waals surface area contributed by atoms with Gasteiger partial charge in [0.05, 0.1) is 4.90 Å². The van der Waals surface area contributed by atoms with Crippen LogP contribution in [0.2, 0.25) is 0 Å². The SMILES string of the molecule is O=S(=O)(Nc1ccc(CBr)cc1)c1cccc(Br)c1. The van der Waals surface area contributed by atoms with Crippen molar-refractivity contribution in [2.75, 3.05) is 4.72 Å². The van der Waals surface area contributed by atoms with Crippen molar-refractivity contribution >= 4 is 47.6 Å². The van der Waals surface area contributed by atoms with Crippen LogP contribution in [-0.4, -0.2) is 8.42 Å². The first kappa shape index (κ1) is 14.6. The average Bonchev–Trinajstić information content (AvgIpc) is 2.39. The predicted octanol–water partition coefficient (Wildman–Crippen LogP) is 4.14. The summed E-state index contributed by atoms with van der Waals surface area (Å²) in [6.45, 7) is 0. The summed E-state index contributed by atoms with van der Waals surface area (Å²) in [5.41, 5.74) is 1.63. The number of anilines is 1. The van der Waals surface area contributed by atoms with E-state index >= 15 is 0 Å². The van der Waals surface area contributed by atoms with Gasteiger partial charge in [-0.3, -0.25) is 4.72 Å². The number of hydrogen-bond acceptors (Lipinski definition) is 2. The monoisotopic (exact) mass is 403 g/mol. The highest BCUT2D eigenvalue weighted by atomic mass is 79.9. The Labute approximate surface area is 129 Å². The molecule has 0 aromatic heterocycles. The van der Waals surface area contributed by atoms with E-state index in [4.69, 9.17) is 0 Å². The lowest BCUT2D eigenvalue weighted by Crippen LogP contribution is -2.12. The summed E-state index contributed by atoms with van der Waals surface area (Å²) in [5.74, 6) is 0. The Balaban J connectivity index is 2.25. The fourth-order valence-electron chi connectivity index (χ4n) is 1.51. The van der Waals surface area contributed by atoms with Crippen LogP contribution in [0, 0.1) is 0 Å². The summed E-state index contributed by atoms with van der Waals surface area (Å²) in [6, 6.07) is 13.8. The first-order valence-corrected chi connectivity index (χ1v) is 8.84. The van der Waals surface area contributed by atoms with E-state index in [1.54, 1.807) is 36.4 Å². The molecule has 100 valence electrons. The predicted molar refractivity (Wildman–Crippen MR) is 84.0 cm³/mol. The molecule has 0 bridgehead atoms. The first-order chi connectivity index (χ1) is 9.01. The molecule has 19 heavy (non-hydrogen) atoms. The Bertz CT molecular complexity index is 669. The fraction of sp³-hybridized carbons (Fsp3) is 0.0769. The van der Waals surface area contributed by atoms with E-state index in [0.29, 0.717) is 5.69 Å². The van der Waals surface area contributed by atoms with E-state index in [1.807, 2.05) is 12.1 Å². The second kappa shape index (κ2) is 6.07. The first-order valence-electron chi connectivity index (χ1n) is 5.44. The van der Waals surface area contributed by atoms with E-state index < -0.39 is 10.0 Å². The zero-order chi connectivity index (χ0) is 13.9. The molecule has 2 rings (SSSR count). The molecule has 2 aromatic rings. The van der Waals surface area contributed by atoms with Crippen LogP contribution in [-0.2, 0) is 15.4 Å². The molecule has 0 saturated heterocycles. The second-order valence-corrected chi connectivity index (χ2v) is 7.05. The van der Waals surface area contributed by atoms with Crippen LogP contribution in [0.15, 0.2) is 57.9 Å². The molecule has 0 atom stereocenters. The Morgan fingerprint density at radius 2 is 1.74 bits per heavy atom. The average molecular weight is 405 g/mol. The number of sulfonamides is 1. The summed E-state index contributed by atoms with van der Waals surface area (Å²) in [4.78, 5) is 0.228. The number of nitrogens with one attached hydrogen (secondary N) is 1. The standard InChI is InChI=1S/C13H11Br2NO2S/c14-9-10-4-6-12(7-5-10)16-19(17,18)13-3-1-2-11(15)8-13/h1-8,16H,9H2. The number of rotatable bonds is 4. The third kappa shape index (κ3) is 3.81. The molecule has 0 aliphatic heterocycles. The van der Waals surface area contributed by atoms with Gasteiger partial charge in [-0.05, 0) is 35.9 Å². The highest BCUT2D eigenvalue weighted by Crippen LogP contribution is 2.20. The molecule has 0 radical (unpaired) electrons. The number of alkyl halides is 1. The molecule has 0 saturated carbocycles. The minimum absolute atomic E-state index is 0.228. The van der Waals surface area contributed by atoms with Crippen LogP contribution < -0.4 is 4.72 Å². The van der Waals surface area contributed by atoms with Gasteiger partial charge in [0.1, 0.15) is 0 Å². The van der Waals surface area contributed by atoms with Gasteiger partial charge >= 0.3 is 0 Å². The molecule has 3 nitrogen and oxygen atoms in total. The van der Waals surface area contributed by atoms with Gasteiger partial charge in [-0.2, -0.15) is 0 Å². The van der Waals surface area contributed by atoms with E-state index in [0.717, 1.165) is 15.4 Å². The third-order valence-electron chi connectivity index (χ3n) is 2.47. The maximum absolute atomic E-state index is 12.2. The Morgan fingerprint density at radius 1 is 1.05 bits per heavy atom. The summed E-state index contributed by atoms with van der Waals surface area (Å²) in [7, 11) is -3.55. The van der Waals surface area contributed by atoms with E-state index in [1.165, 1.54) is 0 Å². The second-order valence-electron chi connectivity index (χ2n) is 3.89. The van der Waals surface area contributed by atoms with Gasteiger partial charge in [-0.15, -0.1) is 0 Å². The molecule has 2 aromatic carbocycles. The Kier molecular flexibility index (Phi) is 4.65. The number of halogens is 2. The largest absolute Gasteiger partial charge is 0.280 e. The topological polar surface area (TPSA) is 46.2 Å². The summed E-state index contributed by atoms with van der Waals surface area (Å²) >= 11 is 6.61. The zero-order valence-corrected chi connectivity index (χ0v) is 13.8. The van der Waals surface area contributed by atoms with Crippen LogP contribution in [0.4, 0.5) is 5.69 Å². The van der Waals surface area contributed by atoms with Gasteiger partial charge in [0.15, 0.2) is 0 Å². The van der Waals surface area contributed by atoms with Crippen molar-refractivity contribution in [1.82, 2.24) is 0 Å². The smallest absolute Gasteiger partial charge is 0.261 e. The van der Waals surface area contributed by atoms with Crippen molar-refractivity contribution in [3.05, 3.63) is 58.6 Å². The lowest BCUT2D eigenvalue weighted by Gasteiger charge is -2.08.